The number of hydrogen-bond acceptors (Lipinski definition) is 3. The number of halogens is 2. The highest BCUT2D eigenvalue weighted by atomic mass is 35.5. The normalized spacial score (nSPS) is 10.5. The van der Waals surface area contributed by atoms with Crippen LogP contribution in [0.5, 0.6) is 5.75 Å². The standard InChI is InChI=1S/C19H15ClFNO2S/c1-12-4-2-3-5-17(12)24-10-13-8-18(25-11-13)19(23)22-14-6-7-16(21)15(20)9-14/h2-9,11H,10H2,1H3,(H,22,23). The van der Waals surface area contributed by atoms with E-state index in [2.05, 4.69) is 5.32 Å². The third-order valence-corrected chi connectivity index (χ3v) is 4.81. The molecule has 0 fully saturated rings. The van der Waals surface area contributed by atoms with Crippen molar-refractivity contribution < 1.29 is 13.9 Å². The van der Waals surface area contributed by atoms with Gasteiger partial charge in [-0.05, 0) is 48.2 Å². The van der Waals surface area contributed by atoms with Crippen LogP contribution in [-0.4, -0.2) is 5.91 Å². The first-order valence-electron chi connectivity index (χ1n) is 7.55. The highest BCUT2D eigenvalue weighted by Gasteiger charge is 2.11. The summed E-state index contributed by atoms with van der Waals surface area (Å²) in [6.07, 6.45) is 0. The third kappa shape index (κ3) is 4.38. The Labute approximate surface area is 154 Å². The van der Waals surface area contributed by atoms with Crippen LogP contribution in [0.15, 0.2) is 53.9 Å². The second kappa shape index (κ2) is 7.68. The predicted octanol–water partition coefficient (Wildman–Crippen LogP) is 5.68. The van der Waals surface area contributed by atoms with E-state index in [1.807, 2.05) is 36.6 Å². The SMILES string of the molecule is Cc1ccccc1OCc1csc(C(=O)Nc2ccc(F)c(Cl)c2)c1. The van der Waals surface area contributed by atoms with Gasteiger partial charge in [0.1, 0.15) is 18.2 Å². The van der Waals surface area contributed by atoms with Gasteiger partial charge in [0.25, 0.3) is 5.91 Å². The van der Waals surface area contributed by atoms with Crippen LogP contribution in [-0.2, 0) is 6.61 Å². The van der Waals surface area contributed by atoms with Crippen LogP contribution < -0.4 is 10.1 Å². The molecule has 3 aromatic rings. The molecule has 0 aliphatic carbocycles. The Morgan fingerprint density at radius 2 is 2.04 bits per heavy atom. The zero-order chi connectivity index (χ0) is 17.8. The molecule has 0 saturated heterocycles. The molecule has 0 atom stereocenters. The number of amides is 1. The summed E-state index contributed by atoms with van der Waals surface area (Å²) in [6, 6.07) is 13.6. The van der Waals surface area contributed by atoms with Crippen molar-refractivity contribution in [1.82, 2.24) is 0 Å². The Morgan fingerprint density at radius 3 is 2.80 bits per heavy atom. The summed E-state index contributed by atoms with van der Waals surface area (Å²) in [4.78, 5) is 12.8. The van der Waals surface area contributed by atoms with E-state index in [4.69, 9.17) is 16.3 Å². The fraction of sp³-hybridized carbons (Fsp3) is 0.105. The largest absolute Gasteiger partial charge is 0.489 e. The van der Waals surface area contributed by atoms with Crippen LogP contribution in [0.3, 0.4) is 0 Å². The summed E-state index contributed by atoms with van der Waals surface area (Å²) < 4.78 is 18.9. The van der Waals surface area contributed by atoms with Crippen LogP contribution in [0.25, 0.3) is 0 Å². The van der Waals surface area contributed by atoms with Crippen molar-refractivity contribution in [2.45, 2.75) is 13.5 Å². The van der Waals surface area contributed by atoms with Gasteiger partial charge in [0.2, 0.25) is 0 Å². The topological polar surface area (TPSA) is 38.3 Å². The van der Waals surface area contributed by atoms with Gasteiger partial charge in [0.15, 0.2) is 0 Å². The number of thiophene rings is 1. The molecule has 0 aliphatic heterocycles. The minimum absolute atomic E-state index is 0.0312. The van der Waals surface area contributed by atoms with Crippen LogP contribution in [0.4, 0.5) is 10.1 Å². The molecule has 0 unspecified atom stereocenters. The Morgan fingerprint density at radius 1 is 1.24 bits per heavy atom. The Balaban J connectivity index is 1.63. The molecule has 0 bridgehead atoms. The van der Waals surface area contributed by atoms with Gasteiger partial charge in [0.05, 0.1) is 9.90 Å². The van der Waals surface area contributed by atoms with Gasteiger partial charge in [-0.2, -0.15) is 0 Å². The first-order chi connectivity index (χ1) is 12.0. The number of para-hydroxylation sites is 1. The maximum atomic E-state index is 13.2. The summed E-state index contributed by atoms with van der Waals surface area (Å²) in [5, 5.41) is 4.55. The molecular weight excluding hydrogens is 361 g/mol. The zero-order valence-corrected chi connectivity index (χ0v) is 15.0. The van der Waals surface area contributed by atoms with Crippen molar-refractivity contribution >= 4 is 34.5 Å². The number of rotatable bonds is 5. The molecule has 6 heteroatoms. The molecule has 3 rings (SSSR count). The van der Waals surface area contributed by atoms with Gasteiger partial charge in [-0.25, -0.2) is 4.39 Å². The van der Waals surface area contributed by atoms with Crippen molar-refractivity contribution in [2.75, 3.05) is 5.32 Å². The quantitative estimate of drug-likeness (QED) is 0.623. The van der Waals surface area contributed by atoms with E-state index < -0.39 is 5.82 Å². The highest BCUT2D eigenvalue weighted by molar-refractivity contribution is 7.12. The number of aryl methyl sites for hydroxylation is 1. The van der Waals surface area contributed by atoms with Crippen LogP contribution in [0.2, 0.25) is 5.02 Å². The first-order valence-corrected chi connectivity index (χ1v) is 8.81. The summed E-state index contributed by atoms with van der Waals surface area (Å²) in [5.74, 6) is 0.0295. The average Bonchev–Trinajstić information content (AvgIpc) is 3.07. The number of hydrogen-bond donors (Lipinski definition) is 1. The number of carbonyl (C=O) groups excluding carboxylic acids is 1. The van der Waals surface area contributed by atoms with Crippen molar-refractivity contribution in [3.8, 4) is 5.75 Å². The third-order valence-electron chi connectivity index (χ3n) is 3.54. The number of ether oxygens (including phenoxy) is 1. The van der Waals surface area contributed by atoms with E-state index in [9.17, 15) is 9.18 Å². The number of nitrogens with one attached hydrogen (secondary N) is 1. The second-order valence-corrected chi connectivity index (χ2v) is 6.77. The van der Waals surface area contributed by atoms with Crippen molar-refractivity contribution in [2.24, 2.45) is 0 Å². The van der Waals surface area contributed by atoms with E-state index >= 15 is 0 Å². The molecule has 1 N–H and O–H groups in total. The van der Waals surface area contributed by atoms with Gasteiger partial charge in [-0.15, -0.1) is 11.3 Å². The lowest BCUT2D eigenvalue weighted by molar-refractivity contribution is 0.103. The van der Waals surface area contributed by atoms with Gasteiger partial charge in [-0.1, -0.05) is 29.8 Å². The Bertz CT molecular complexity index is 910. The first kappa shape index (κ1) is 17.5. The molecule has 25 heavy (non-hydrogen) atoms. The zero-order valence-electron chi connectivity index (χ0n) is 13.4. The summed E-state index contributed by atoms with van der Waals surface area (Å²) >= 11 is 7.04. The molecule has 1 amide bonds. The highest BCUT2D eigenvalue weighted by Crippen LogP contribution is 2.23. The van der Waals surface area contributed by atoms with Crippen molar-refractivity contribution in [3.63, 3.8) is 0 Å². The Kier molecular flexibility index (Phi) is 5.36. The molecule has 0 saturated carbocycles. The summed E-state index contributed by atoms with van der Waals surface area (Å²) in [6.45, 7) is 2.37. The fourth-order valence-corrected chi connectivity index (χ4v) is 3.19. The number of carbonyl (C=O) groups is 1. The maximum Gasteiger partial charge on any atom is 0.265 e. The van der Waals surface area contributed by atoms with E-state index in [0.29, 0.717) is 17.2 Å². The number of anilines is 1. The van der Waals surface area contributed by atoms with Gasteiger partial charge in [0, 0.05) is 11.3 Å². The minimum Gasteiger partial charge on any atom is -0.489 e. The lowest BCUT2D eigenvalue weighted by Gasteiger charge is -2.07. The monoisotopic (exact) mass is 375 g/mol. The lowest BCUT2D eigenvalue weighted by Crippen LogP contribution is -2.10. The van der Waals surface area contributed by atoms with Crippen LogP contribution >= 0.6 is 22.9 Å². The van der Waals surface area contributed by atoms with Crippen LogP contribution in [0, 0.1) is 12.7 Å². The molecule has 1 aromatic heterocycles. The number of benzene rings is 2. The molecule has 0 radical (unpaired) electrons. The van der Waals surface area contributed by atoms with Gasteiger partial charge < -0.3 is 10.1 Å². The Hall–Kier alpha value is -2.37. The van der Waals surface area contributed by atoms with Gasteiger partial charge >= 0.3 is 0 Å². The molecule has 2 aromatic carbocycles. The smallest absolute Gasteiger partial charge is 0.265 e. The lowest BCUT2D eigenvalue weighted by atomic mass is 10.2. The van der Waals surface area contributed by atoms with Crippen molar-refractivity contribution in [3.05, 3.63) is 80.8 Å². The van der Waals surface area contributed by atoms with Gasteiger partial charge in [-0.3, -0.25) is 4.79 Å². The minimum atomic E-state index is -0.522. The molecular formula is C19H15ClFNO2S. The van der Waals surface area contributed by atoms with Crippen molar-refractivity contribution in [1.29, 1.82) is 0 Å². The van der Waals surface area contributed by atoms with Crippen LogP contribution in [0.1, 0.15) is 20.8 Å². The van der Waals surface area contributed by atoms with E-state index in [-0.39, 0.29) is 10.9 Å². The fourth-order valence-electron chi connectivity index (χ4n) is 2.22. The predicted molar refractivity (Wildman–Crippen MR) is 99.2 cm³/mol. The molecule has 0 spiro atoms. The molecule has 0 aliphatic rings. The van der Waals surface area contributed by atoms with E-state index in [1.54, 1.807) is 6.07 Å². The van der Waals surface area contributed by atoms with E-state index in [1.165, 1.54) is 29.5 Å². The van der Waals surface area contributed by atoms with E-state index in [0.717, 1.165) is 16.9 Å². The molecule has 3 nitrogen and oxygen atoms in total. The second-order valence-electron chi connectivity index (χ2n) is 5.46. The summed E-state index contributed by atoms with van der Waals surface area (Å²) in [7, 11) is 0. The molecule has 1 heterocycles. The molecule has 128 valence electrons. The summed E-state index contributed by atoms with van der Waals surface area (Å²) in [5.41, 5.74) is 2.42. The maximum absolute atomic E-state index is 13.2. The average molecular weight is 376 g/mol.